The molecule has 78 valence electrons. The third-order valence-corrected chi connectivity index (χ3v) is 1.44. The molecule has 0 spiro atoms. The first-order valence-corrected chi connectivity index (χ1v) is 4.47. The van der Waals surface area contributed by atoms with Gasteiger partial charge in [0.25, 0.3) is 0 Å². The average molecular weight is 190 g/mol. The fourth-order valence-electron chi connectivity index (χ4n) is 0.912. The van der Waals surface area contributed by atoms with Crippen LogP contribution in [0.15, 0.2) is 0 Å². The molecule has 0 N–H and O–H groups in total. The van der Waals surface area contributed by atoms with Crippen LogP contribution in [0, 0.1) is 0 Å². The van der Waals surface area contributed by atoms with Crippen LogP contribution in [0.4, 0.5) is 0 Å². The molecule has 0 saturated carbocycles. The van der Waals surface area contributed by atoms with Gasteiger partial charge in [-0.15, -0.1) is 0 Å². The van der Waals surface area contributed by atoms with Crippen molar-refractivity contribution in [2.45, 2.75) is 19.4 Å². The Kier molecular flexibility index (Phi) is 9.30. The van der Waals surface area contributed by atoms with E-state index in [1.165, 1.54) is 0 Å². The van der Waals surface area contributed by atoms with Crippen molar-refractivity contribution in [2.24, 2.45) is 0 Å². The fraction of sp³-hybridized carbons (Fsp3) is 0.889. The molecule has 0 saturated heterocycles. The molecule has 0 fully saturated rings. The van der Waals surface area contributed by atoms with E-state index in [0.29, 0.717) is 32.8 Å². The summed E-state index contributed by atoms with van der Waals surface area (Å²) < 4.78 is 15.5. The molecule has 0 aliphatic heterocycles. The van der Waals surface area contributed by atoms with Crippen LogP contribution in [0.2, 0.25) is 0 Å². The van der Waals surface area contributed by atoms with Crippen molar-refractivity contribution in [3.05, 3.63) is 0 Å². The number of ether oxygens (including phenoxy) is 3. The summed E-state index contributed by atoms with van der Waals surface area (Å²) in [7, 11) is 1.62. The minimum atomic E-state index is -0.0262. The molecule has 0 aromatic rings. The molecule has 0 aliphatic rings. The molecule has 4 heteroatoms. The molecule has 0 heterocycles. The first-order valence-electron chi connectivity index (χ1n) is 4.47. The summed E-state index contributed by atoms with van der Waals surface area (Å²) in [5, 5.41) is 0. The first-order chi connectivity index (χ1) is 6.35. The van der Waals surface area contributed by atoms with Gasteiger partial charge >= 0.3 is 0 Å². The Bertz CT molecular complexity index is 110. The zero-order valence-corrected chi connectivity index (χ0v) is 8.32. The molecule has 0 radical (unpaired) electrons. The first kappa shape index (κ1) is 12.6. The third kappa shape index (κ3) is 7.90. The summed E-state index contributed by atoms with van der Waals surface area (Å²) in [5.74, 6) is 0. The Balaban J connectivity index is 3.37. The molecule has 0 aliphatic carbocycles. The summed E-state index contributed by atoms with van der Waals surface area (Å²) in [6.45, 7) is 4.03. The molecule has 0 bridgehead atoms. The maximum atomic E-state index is 9.97. The van der Waals surface area contributed by atoms with Crippen molar-refractivity contribution in [1.29, 1.82) is 0 Å². The lowest BCUT2D eigenvalue weighted by atomic mass is 10.4. The second-order valence-electron chi connectivity index (χ2n) is 2.56. The van der Waals surface area contributed by atoms with E-state index in [2.05, 4.69) is 0 Å². The minimum Gasteiger partial charge on any atom is -0.382 e. The Morgan fingerprint density at radius 3 is 2.69 bits per heavy atom. The molecule has 0 amide bonds. The number of hydrogen-bond acceptors (Lipinski definition) is 4. The standard InChI is InChI=1S/C9H18O4/c1-3-13-9(7-11-2)8-12-6-4-5-10/h5,9H,3-4,6-8H2,1-2H3. The van der Waals surface area contributed by atoms with E-state index in [-0.39, 0.29) is 6.10 Å². The van der Waals surface area contributed by atoms with E-state index < -0.39 is 0 Å². The van der Waals surface area contributed by atoms with Gasteiger partial charge < -0.3 is 19.0 Å². The van der Waals surface area contributed by atoms with E-state index >= 15 is 0 Å². The Labute approximate surface area is 79.2 Å². The van der Waals surface area contributed by atoms with Crippen molar-refractivity contribution in [3.8, 4) is 0 Å². The molecule has 0 rings (SSSR count). The summed E-state index contributed by atoms with van der Waals surface area (Å²) in [5.41, 5.74) is 0. The van der Waals surface area contributed by atoms with Gasteiger partial charge in [0.05, 0.1) is 19.8 Å². The molecule has 1 atom stereocenters. The van der Waals surface area contributed by atoms with E-state index in [1.54, 1.807) is 7.11 Å². The molecule has 13 heavy (non-hydrogen) atoms. The minimum absolute atomic E-state index is 0.0262. The van der Waals surface area contributed by atoms with Gasteiger partial charge in [-0.05, 0) is 6.92 Å². The van der Waals surface area contributed by atoms with Crippen molar-refractivity contribution in [1.82, 2.24) is 0 Å². The van der Waals surface area contributed by atoms with Gasteiger partial charge in [0.15, 0.2) is 0 Å². The van der Waals surface area contributed by atoms with E-state index in [4.69, 9.17) is 14.2 Å². The second kappa shape index (κ2) is 9.64. The maximum Gasteiger partial charge on any atom is 0.122 e. The van der Waals surface area contributed by atoms with Crippen molar-refractivity contribution in [2.75, 3.05) is 33.5 Å². The normalized spacial score (nSPS) is 12.8. The Hall–Kier alpha value is -0.450. The molecule has 0 aromatic heterocycles. The average Bonchev–Trinajstić information content (AvgIpc) is 2.13. The number of carbonyl (C=O) groups is 1. The van der Waals surface area contributed by atoms with Crippen molar-refractivity contribution < 1.29 is 19.0 Å². The van der Waals surface area contributed by atoms with Crippen LogP contribution >= 0.6 is 0 Å². The highest BCUT2D eigenvalue weighted by Crippen LogP contribution is 1.94. The van der Waals surface area contributed by atoms with Gasteiger partial charge in [-0.1, -0.05) is 0 Å². The van der Waals surface area contributed by atoms with Gasteiger partial charge in [0.2, 0.25) is 0 Å². The summed E-state index contributed by atoms with van der Waals surface area (Å²) in [6.07, 6.45) is 1.25. The zero-order valence-electron chi connectivity index (χ0n) is 8.32. The molecule has 0 aromatic carbocycles. The van der Waals surface area contributed by atoms with Crippen LogP contribution in [0.5, 0.6) is 0 Å². The zero-order chi connectivity index (χ0) is 9.94. The van der Waals surface area contributed by atoms with Gasteiger partial charge in [-0.25, -0.2) is 0 Å². The van der Waals surface area contributed by atoms with Crippen LogP contribution in [0.1, 0.15) is 13.3 Å². The van der Waals surface area contributed by atoms with Crippen LogP contribution in [-0.2, 0) is 19.0 Å². The quantitative estimate of drug-likeness (QED) is 0.395. The predicted molar refractivity (Wildman–Crippen MR) is 48.8 cm³/mol. The Morgan fingerprint density at radius 2 is 2.15 bits per heavy atom. The SMILES string of the molecule is CCOC(COC)COCCC=O. The molecule has 1 unspecified atom stereocenters. The summed E-state index contributed by atoms with van der Waals surface area (Å²) in [6, 6.07) is 0. The lowest BCUT2D eigenvalue weighted by Gasteiger charge is -2.15. The highest BCUT2D eigenvalue weighted by molar-refractivity contribution is 5.49. The largest absolute Gasteiger partial charge is 0.382 e. The van der Waals surface area contributed by atoms with Gasteiger partial charge in [-0.3, -0.25) is 0 Å². The second-order valence-corrected chi connectivity index (χ2v) is 2.56. The number of rotatable bonds is 9. The van der Waals surface area contributed by atoms with E-state index in [1.807, 2.05) is 6.92 Å². The smallest absolute Gasteiger partial charge is 0.122 e. The van der Waals surface area contributed by atoms with E-state index in [0.717, 1.165) is 6.29 Å². The number of methoxy groups -OCH3 is 1. The lowest BCUT2D eigenvalue weighted by Crippen LogP contribution is -2.25. The fourth-order valence-corrected chi connectivity index (χ4v) is 0.912. The highest BCUT2D eigenvalue weighted by Gasteiger charge is 2.07. The van der Waals surface area contributed by atoms with Crippen molar-refractivity contribution in [3.63, 3.8) is 0 Å². The Morgan fingerprint density at radius 1 is 1.38 bits per heavy atom. The van der Waals surface area contributed by atoms with E-state index in [9.17, 15) is 4.79 Å². The monoisotopic (exact) mass is 190 g/mol. The number of aldehydes is 1. The topological polar surface area (TPSA) is 44.8 Å². The molecular formula is C9H18O4. The molecule has 4 nitrogen and oxygen atoms in total. The van der Waals surface area contributed by atoms with Gasteiger partial charge in [-0.2, -0.15) is 0 Å². The highest BCUT2D eigenvalue weighted by atomic mass is 16.6. The van der Waals surface area contributed by atoms with Crippen LogP contribution in [0.3, 0.4) is 0 Å². The predicted octanol–water partition coefficient (Wildman–Crippen LogP) is 0.643. The summed E-state index contributed by atoms with van der Waals surface area (Å²) in [4.78, 5) is 9.97. The maximum absolute atomic E-state index is 9.97. The number of carbonyl (C=O) groups excluding carboxylic acids is 1. The van der Waals surface area contributed by atoms with Crippen molar-refractivity contribution >= 4 is 6.29 Å². The van der Waals surface area contributed by atoms with Gasteiger partial charge in [0, 0.05) is 20.1 Å². The lowest BCUT2D eigenvalue weighted by molar-refractivity contribution is -0.109. The van der Waals surface area contributed by atoms with Crippen LogP contribution in [0.25, 0.3) is 0 Å². The van der Waals surface area contributed by atoms with Gasteiger partial charge in [0.1, 0.15) is 12.4 Å². The van der Waals surface area contributed by atoms with Crippen LogP contribution in [-0.4, -0.2) is 45.9 Å². The summed E-state index contributed by atoms with van der Waals surface area (Å²) >= 11 is 0. The number of hydrogen-bond donors (Lipinski definition) is 0. The van der Waals surface area contributed by atoms with Crippen LogP contribution < -0.4 is 0 Å². The molecular weight excluding hydrogens is 172 g/mol. The third-order valence-electron chi connectivity index (χ3n) is 1.44.